The van der Waals surface area contributed by atoms with Gasteiger partial charge in [-0.15, -0.1) is 0 Å². The van der Waals surface area contributed by atoms with E-state index in [1.165, 1.54) is 0 Å². The summed E-state index contributed by atoms with van der Waals surface area (Å²) in [5.41, 5.74) is 1.43. The van der Waals surface area contributed by atoms with Crippen LogP contribution in [0.3, 0.4) is 0 Å². The highest BCUT2D eigenvalue weighted by Gasteiger charge is 2.07. The van der Waals surface area contributed by atoms with Crippen molar-refractivity contribution in [3.63, 3.8) is 0 Å². The first-order valence-corrected chi connectivity index (χ1v) is 6.25. The van der Waals surface area contributed by atoms with Crippen molar-refractivity contribution in [2.75, 3.05) is 18.5 Å². The lowest BCUT2D eigenvalue weighted by Crippen LogP contribution is -2.21. The molecule has 1 aromatic rings. The van der Waals surface area contributed by atoms with Gasteiger partial charge in [-0.05, 0) is 44.5 Å². The molecule has 20 heavy (non-hydrogen) atoms. The van der Waals surface area contributed by atoms with Crippen LogP contribution in [0.5, 0.6) is 5.75 Å². The van der Waals surface area contributed by atoms with E-state index in [1.807, 2.05) is 13.8 Å². The molecular formula is C14H19NO5. The summed E-state index contributed by atoms with van der Waals surface area (Å²) < 4.78 is 10.3. The molecule has 2 N–H and O–H groups in total. The molecule has 0 saturated carbocycles. The fraction of sp³-hybridized carbons (Fsp3) is 0.429. The smallest absolute Gasteiger partial charge is 0.341 e. The Morgan fingerprint density at radius 3 is 2.55 bits per heavy atom. The van der Waals surface area contributed by atoms with Gasteiger partial charge in [0.15, 0.2) is 6.61 Å². The number of anilines is 1. The van der Waals surface area contributed by atoms with E-state index in [2.05, 4.69) is 5.32 Å². The topological polar surface area (TPSA) is 84.9 Å². The molecule has 1 amide bonds. The van der Waals surface area contributed by atoms with E-state index >= 15 is 0 Å². The molecule has 0 saturated heterocycles. The normalized spacial score (nSPS) is 10.4. The van der Waals surface area contributed by atoms with E-state index in [1.54, 1.807) is 25.1 Å². The van der Waals surface area contributed by atoms with Crippen LogP contribution in [-0.4, -0.2) is 36.3 Å². The summed E-state index contributed by atoms with van der Waals surface area (Å²) in [6.45, 7) is 5.11. The van der Waals surface area contributed by atoms with Crippen LogP contribution in [0, 0.1) is 6.92 Å². The van der Waals surface area contributed by atoms with Gasteiger partial charge in [0.1, 0.15) is 12.4 Å². The summed E-state index contributed by atoms with van der Waals surface area (Å²) in [7, 11) is 0. The zero-order valence-electron chi connectivity index (χ0n) is 11.8. The van der Waals surface area contributed by atoms with E-state index < -0.39 is 12.6 Å². The first-order chi connectivity index (χ1) is 9.38. The third-order valence-corrected chi connectivity index (χ3v) is 2.38. The van der Waals surface area contributed by atoms with E-state index in [0.29, 0.717) is 11.4 Å². The molecule has 0 unspecified atom stereocenters. The highest BCUT2D eigenvalue weighted by atomic mass is 16.5. The van der Waals surface area contributed by atoms with E-state index in [-0.39, 0.29) is 18.6 Å². The lowest BCUT2D eigenvalue weighted by molar-refractivity contribution is -0.139. The molecule has 0 bridgehead atoms. The maximum absolute atomic E-state index is 11.6. The van der Waals surface area contributed by atoms with Crippen molar-refractivity contribution in [3.05, 3.63) is 23.8 Å². The number of ether oxygens (including phenoxy) is 2. The van der Waals surface area contributed by atoms with Crippen LogP contribution in [0.2, 0.25) is 0 Å². The maximum atomic E-state index is 11.6. The second-order valence-corrected chi connectivity index (χ2v) is 4.57. The van der Waals surface area contributed by atoms with Crippen molar-refractivity contribution in [1.82, 2.24) is 0 Å². The number of carboxylic acid groups (broad SMARTS) is 1. The Morgan fingerprint density at radius 1 is 1.30 bits per heavy atom. The van der Waals surface area contributed by atoms with Gasteiger partial charge in [0.25, 0.3) is 0 Å². The Kier molecular flexibility index (Phi) is 5.99. The van der Waals surface area contributed by atoms with Gasteiger partial charge >= 0.3 is 5.97 Å². The lowest BCUT2D eigenvalue weighted by Gasteiger charge is -2.11. The van der Waals surface area contributed by atoms with Crippen LogP contribution in [0.15, 0.2) is 18.2 Å². The van der Waals surface area contributed by atoms with Crippen molar-refractivity contribution in [3.8, 4) is 5.75 Å². The first kappa shape index (κ1) is 16.0. The number of carbonyl (C=O) groups excluding carboxylic acids is 1. The minimum absolute atomic E-state index is 0.00558. The zero-order valence-corrected chi connectivity index (χ0v) is 11.8. The monoisotopic (exact) mass is 281 g/mol. The number of hydrogen-bond acceptors (Lipinski definition) is 4. The van der Waals surface area contributed by atoms with Crippen LogP contribution in [0.25, 0.3) is 0 Å². The Balaban J connectivity index is 2.59. The van der Waals surface area contributed by atoms with E-state index in [0.717, 1.165) is 5.56 Å². The number of benzene rings is 1. The second-order valence-electron chi connectivity index (χ2n) is 4.57. The molecule has 0 aliphatic rings. The molecule has 0 atom stereocenters. The maximum Gasteiger partial charge on any atom is 0.341 e. The minimum atomic E-state index is -1.04. The van der Waals surface area contributed by atoms with Gasteiger partial charge in [0, 0.05) is 5.69 Å². The number of amides is 1. The average Bonchev–Trinajstić information content (AvgIpc) is 2.36. The number of nitrogens with one attached hydrogen (secondary N) is 1. The highest BCUT2D eigenvalue weighted by molar-refractivity contribution is 5.92. The van der Waals surface area contributed by atoms with Gasteiger partial charge in [-0.25, -0.2) is 4.79 Å². The summed E-state index contributed by atoms with van der Waals surface area (Å²) in [6, 6.07) is 4.94. The van der Waals surface area contributed by atoms with Crippen LogP contribution in [0.1, 0.15) is 19.4 Å². The minimum Gasteiger partial charge on any atom is -0.482 e. The lowest BCUT2D eigenvalue weighted by atomic mass is 10.2. The zero-order chi connectivity index (χ0) is 15.1. The van der Waals surface area contributed by atoms with Gasteiger partial charge < -0.3 is 19.9 Å². The van der Waals surface area contributed by atoms with Gasteiger partial charge in [0.2, 0.25) is 5.91 Å². The molecule has 1 aromatic carbocycles. The fourth-order valence-corrected chi connectivity index (χ4v) is 1.44. The van der Waals surface area contributed by atoms with Crippen LogP contribution in [0.4, 0.5) is 5.69 Å². The summed E-state index contributed by atoms with van der Waals surface area (Å²) >= 11 is 0. The quantitative estimate of drug-likeness (QED) is 0.796. The molecule has 0 aliphatic heterocycles. The molecule has 110 valence electrons. The molecule has 1 rings (SSSR count). The number of carbonyl (C=O) groups is 2. The molecule has 0 aromatic heterocycles. The molecule has 0 radical (unpaired) electrons. The standard InChI is InChI=1S/C14H19NO5/c1-9(2)19-7-13(16)15-12-5-4-11(6-10(12)3)20-8-14(17)18/h4-6,9H,7-8H2,1-3H3,(H,15,16)(H,17,18). The summed E-state index contributed by atoms with van der Waals surface area (Å²) in [5.74, 6) is -0.826. The van der Waals surface area contributed by atoms with Crippen molar-refractivity contribution >= 4 is 17.6 Å². The number of aliphatic carboxylic acids is 1. The van der Waals surface area contributed by atoms with Crippen molar-refractivity contribution in [2.45, 2.75) is 26.9 Å². The molecule has 0 heterocycles. The Labute approximate surface area is 117 Å². The largest absolute Gasteiger partial charge is 0.482 e. The molecular weight excluding hydrogens is 262 g/mol. The third-order valence-electron chi connectivity index (χ3n) is 2.38. The molecule has 0 spiro atoms. The summed E-state index contributed by atoms with van der Waals surface area (Å²) in [4.78, 5) is 22.0. The number of aryl methyl sites for hydroxylation is 1. The number of hydrogen-bond donors (Lipinski definition) is 2. The van der Waals surface area contributed by atoms with E-state index in [9.17, 15) is 9.59 Å². The SMILES string of the molecule is Cc1cc(OCC(=O)O)ccc1NC(=O)COC(C)C. The van der Waals surface area contributed by atoms with Crippen molar-refractivity contribution < 1.29 is 24.2 Å². The molecule has 6 nitrogen and oxygen atoms in total. The fourth-order valence-electron chi connectivity index (χ4n) is 1.44. The van der Waals surface area contributed by atoms with Crippen LogP contribution in [-0.2, 0) is 14.3 Å². The summed E-state index contributed by atoms with van der Waals surface area (Å²) in [5, 5.41) is 11.2. The summed E-state index contributed by atoms with van der Waals surface area (Å²) in [6.07, 6.45) is -0.00589. The molecule has 6 heteroatoms. The predicted molar refractivity (Wildman–Crippen MR) is 74.0 cm³/mol. The third kappa shape index (κ3) is 5.71. The van der Waals surface area contributed by atoms with Gasteiger partial charge in [-0.2, -0.15) is 0 Å². The van der Waals surface area contributed by atoms with E-state index in [4.69, 9.17) is 14.6 Å². The molecule has 0 aliphatic carbocycles. The van der Waals surface area contributed by atoms with Gasteiger partial charge in [-0.3, -0.25) is 4.79 Å². The molecule has 0 fully saturated rings. The average molecular weight is 281 g/mol. The van der Waals surface area contributed by atoms with Gasteiger partial charge in [-0.1, -0.05) is 0 Å². The predicted octanol–water partition coefficient (Wildman–Crippen LogP) is 1.82. The highest BCUT2D eigenvalue weighted by Crippen LogP contribution is 2.21. The number of rotatable bonds is 7. The van der Waals surface area contributed by atoms with Gasteiger partial charge in [0.05, 0.1) is 6.10 Å². The Hall–Kier alpha value is -2.08. The second kappa shape index (κ2) is 7.49. The number of carboxylic acids is 1. The van der Waals surface area contributed by atoms with Crippen molar-refractivity contribution in [1.29, 1.82) is 0 Å². The van der Waals surface area contributed by atoms with Crippen molar-refractivity contribution in [2.24, 2.45) is 0 Å². The Bertz CT molecular complexity index is 484. The van der Waals surface area contributed by atoms with Crippen LogP contribution >= 0.6 is 0 Å². The van der Waals surface area contributed by atoms with Crippen LogP contribution < -0.4 is 10.1 Å². The Morgan fingerprint density at radius 2 is 2.00 bits per heavy atom. The first-order valence-electron chi connectivity index (χ1n) is 6.25.